The molecular formula is C22H25N5O3S. The molecule has 0 spiro atoms. The Labute approximate surface area is 182 Å². The molecule has 4 rings (SSSR count). The van der Waals surface area contributed by atoms with Crippen molar-refractivity contribution < 1.29 is 13.2 Å². The molecule has 0 bridgehead atoms. The third-order valence-corrected chi connectivity index (χ3v) is 7.16. The van der Waals surface area contributed by atoms with Crippen molar-refractivity contribution in [3.05, 3.63) is 72.2 Å². The van der Waals surface area contributed by atoms with E-state index in [-0.39, 0.29) is 12.3 Å². The zero-order valence-corrected chi connectivity index (χ0v) is 18.0. The monoisotopic (exact) mass is 439 g/mol. The Hall–Kier alpha value is -3.04. The SMILES string of the molecule is O=C(CCc1ccc(S(=O)(=O)N2CCCC2)cc1)Nc1ccn(Cc2cccnc2)n1. The summed E-state index contributed by atoms with van der Waals surface area (Å²) in [4.78, 5) is 16.7. The van der Waals surface area contributed by atoms with Crippen LogP contribution in [0.5, 0.6) is 0 Å². The van der Waals surface area contributed by atoms with E-state index in [4.69, 9.17) is 0 Å². The van der Waals surface area contributed by atoms with Crippen LogP contribution in [-0.2, 0) is 27.8 Å². The van der Waals surface area contributed by atoms with E-state index in [1.165, 1.54) is 4.31 Å². The number of carbonyl (C=O) groups excluding carboxylic acids is 1. The van der Waals surface area contributed by atoms with E-state index in [9.17, 15) is 13.2 Å². The first-order valence-corrected chi connectivity index (χ1v) is 11.8. The summed E-state index contributed by atoms with van der Waals surface area (Å²) in [6.45, 7) is 1.75. The van der Waals surface area contributed by atoms with E-state index in [1.54, 1.807) is 47.4 Å². The number of sulfonamides is 1. The number of hydrogen-bond donors (Lipinski definition) is 1. The quantitative estimate of drug-likeness (QED) is 0.582. The molecule has 0 atom stereocenters. The minimum Gasteiger partial charge on any atom is -0.309 e. The Bertz CT molecular complexity index is 1120. The lowest BCUT2D eigenvalue weighted by Crippen LogP contribution is -2.27. The van der Waals surface area contributed by atoms with Gasteiger partial charge in [0.2, 0.25) is 15.9 Å². The van der Waals surface area contributed by atoms with Gasteiger partial charge in [0.25, 0.3) is 0 Å². The number of aromatic nitrogens is 3. The number of rotatable bonds is 8. The largest absolute Gasteiger partial charge is 0.309 e. The summed E-state index contributed by atoms with van der Waals surface area (Å²) in [6, 6.07) is 12.4. The van der Waals surface area contributed by atoms with E-state index in [1.807, 2.05) is 18.3 Å². The van der Waals surface area contributed by atoms with Crippen molar-refractivity contribution in [2.24, 2.45) is 0 Å². The second kappa shape index (κ2) is 9.40. The number of benzene rings is 1. The number of carbonyl (C=O) groups is 1. The Balaban J connectivity index is 1.28. The van der Waals surface area contributed by atoms with Gasteiger partial charge in [-0.15, -0.1) is 0 Å². The first kappa shape index (κ1) is 21.2. The molecule has 3 heterocycles. The highest BCUT2D eigenvalue weighted by molar-refractivity contribution is 7.89. The average Bonchev–Trinajstić information content (AvgIpc) is 3.46. The van der Waals surface area contributed by atoms with Gasteiger partial charge in [0, 0.05) is 44.2 Å². The number of pyridine rings is 1. The molecule has 1 fully saturated rings. The molecule has 2 aromatic heterocycles. The predicted molar refractivity (Wildman–Crippen MR) is 117 cm³/mol. The lowest BCUT2D eigenvalue weighted by atomic mass is 10.1. The number of nitrogens with zero attached hydrogens (tertiary/aromatic N) is 4. The summed E-state index contributed by atoms with van der Waals surface area (Å²) in [5.74, 6) is 0.362. The zero-order valence-electron chi connectivity index (χ0n) is 17.1. The van der Waals surface area contributed by atoms with Gasteiger partial charge in [-0.2, -0.15) is 9.40 Å². The maximum absolute atomic E-state index is 12.6. The minimum atomic E-state index is -3.41. The molecule has 9 heteroatoms. The molecule has 0 saturated carbocycles. The van der Waals surface area contributed by atoms with E-state index in [2.05, 4.69) is 15.4 Å². The smallest absolute Gasteiger partial charge is 0.243 e. The lowest BCUT2D eigenvalue weighted by Gasteiger charge is -2.15. The van der Waals surface area contributed by atoms with Gasteiger partial charge in [-0.05, 0) is 48.6 Å². The molecule has 31 heavy (non-hydrogen) atoms. The number of nitrogens with one attached hydrogen (secondary N) is 1. The summed E-state index contributed by atoms with van der Waals surface area (Å²) in [5, 5.41) is 7.16. The predicted octanol–water partition coefficient (Wildman–Crippen LogP) is 2.68. The van der Waals surface area contributed by atoms with Crippen LogP contribution in [0.4, 0.5) is 5.82 Å². The van der Waals surface area contributed by atoms with Gasteiger partial charge in [-0.3, -0.25) is 14.5 Å². The molecule has 1 aromatic carbocycles. The summed E-state index contributed by atoms with van der Waals surface area (Å²) >= 11 is 0. The van der Waals surface area contributed by atoms with Crippen LogP contribution in [0.15, 0.2) is 66.0 Å². The Kier molecular flexibility index (Phi) is 6.43. The highest BCUT2D eigenvalue weighted by Gasteiger charge is 2.26. The van der Waals surface area contributed by atoms with Gasteiger partial charge >= 0.3 is 0 Å². The molecular weight excluding hydrogens is 414 g/mol. The number of aryl methyl sites for hydroxylation is 1. The average molecular weight is 440 g/mol. The van der Waals surface area contributed by atoms with Crippen LogP contribution >= 0.6 is 0 Å². The first-order chi connectivity index (χ1) is 15.0. The third-order valence-electron chi connectivity index (χ3n) is 5.24. The number of amides is 1. The Morgan fingerprint density at radius 3 is 2.52 bits per heavy atom. The molecule has 1 saturated heterocycles. The second-order valence-electron chi connectivity index (χ2n) is 7.56. The molecule has 1 N–H and O–H groups in total. The molecule has 1 aliphatic heterocycles. The van der Waals surface area contributed by atoms with Gasteiger partial charge < -0.3 is 5.32 Å². The van der Waals surface area contributed by atoms with Gasteiger partial charge in [0.1, 0.15) is 0 Å². The molecule has 0 radical (unpaired) electrons. The topological polar surface area (TPSA) is 97.2 Å². The normalized spacial score (nSPS) is 14.6. The van der Waals surface area contributed by atoms with Crippen LogP contribution in [0, 0.1) is 0 Å². The molecule has 0 aliphatic carbocycles. The Morgan fingerprint density at radius 2 is 1.81 bits per heavy atom. The van der Waals surface area contributed by atoms with E-state index in [0.717, 1.165) is 24.0 Å². The van der Waals surface area contributed by atoms with Gasteiger partial charge in [0.05, 0.1) is 11.4 Å². The fourth-order valence-corrected chi connectivity index (χ4v) is 5.08. The maximum atomic E-state index is 12.6. The van der Waals surface area contributed by atoms with Crippen molar-refractivity contribution in [2.45, 2.75) is 37.1 Å². The maximum Gasteiger partial charge on any atom is 0.243 e. The zero-order chi connectivity index (χ0) is 21.7. The minimum absolute atomic E-state index is 0.139. The lowest BCUT2D eigenvalue weighted by molar-refractivity contribution is -0.116. The van der Waals surface area contributed by atoms with Crippen molar-refractivity contribution in [2.75, 3.05) is 18.4 Å². The third kappa shape index (κ3) is 5.36. The van der Waals surface area contributed by atoms with Crippen molar-refractivity contribution in [3.63, 3.8) is 0 Å². The van der Waals surface area contributed by atoms with Crippen LogP contribution in [0.25, 0.3) is 0 Å². The number of hydrogen-bond acceptors (Lipinski definition) is 5. The first-order valence-electron chi connectivity index (χ1n) is 10.3. The standard InChI is InChI=1S/C22H25N5O3S/c28-22(24-21-11-15-26(25-21)17-19-4-3-12-23-16-19)10-7-18-5-8-20(9-6-18)31(29,30)27-13-1-2-14-27/h3-6,8-9,11-12,15-16H,1-2,7,10,13-14,17H2,(H,24,25,28). The van der Waals surface area contributed by atoms with Gasteiger partial charge in [0.15, 0.2) is 5.82 Å². The highest BCUT2D eigenvalue weighted by atomic mass is 32.2. The van der Waals surface area contributed by atoms with Crippen molar-refractivity contribution in [1.29, 1.82) is 0 Å². The van der Waals surface area contributed by atoms with Crippen LogP contribution in [0.3, 0.4) is 0 Å². The number of anilines is 1. The van der Waals surface area contributed by atoms with Crippen molar-refractivity contribution >= 4 is 21.7 Å². The summed E-state index contributed by atoms with van der Waals surface area (Å²) in [6.07, 6.45) is 7.93. The summed E-state index contributed by atoms with van der Waals surface area (Å²) < 4.78 is 28.4. The van der Waals surface area contributed by atoms with Crippen LogP contribution in [-0.4, -0.2) is 46.5 Å². The molecule has 1 amide bonds. The Morgan fingerprint density at radius 1 is 1.03 bits per heavy atom. The van der Waals surface area contributed by atoms with Crippen LogP contribution in [0.2, 0.25) is 0 Å². The van der Waals surface area contributed by atoms with Gasteiger partial charge in [-0.1, -0.05) is 18.2 Å². The molecule has 0 unspecified atom stereocenters. The molecule has 162 valence electrons. The fourth-order valence-electron chi connectivity index (χ4n) is 3.56. The summed E-state index contributed by atoms with van der Waals surface area (Å²) in [7, 11) is -3.41. The van der Waals surface area contributed by atoms with Crippen LogP contribution < -0.4 is 5.32 Å². The highest BCUT2D eigenvalue weighted by Crippen LogP contribution is 2.21. The van der Waals surface area contributed by atoms with Crippen LogP contribution in [0.1, 0.15) is 30.4 Å². The van der Waals surface area contributed by atoms with Crippen molar-refractivity contribution in [1.82, 2.24) is 19.1 Å². The second-order valence-corrected chi connectivity index (χ2v) is 9.50. The van der Waals surface area contributed by atoms with Gasteiger partial charge in [-0.25, -0.2) is 8.42 Å². The van der Waals surface area contributed by atoms with Crippen molar-refractivity contribution in [3.8, 4) is 0 Å². The summed E-state index contributed by atoms with van der Waals surface area (Å²) in [5.41, 5.74) is 1.94. The van der Waals surface area contributed by atoms with E-state index < -0.39 is 10.0 Å². The van der Waals surface area contributed by atoms with E-state index >= 15 is 0 Å². The fraction of sp³-hybridized carbons (Fsp3) is 0.318. The molecule has 1 aliphatic rings. The van der Waals surface area contributed by atoms with E-state index in [0.29, 0.717) is 36.8 Å². The molecule has 8 nitrogen and oxygen atoms in total. The molecule has 3 aromatic rings.